The Labute approximate surface area is 212 Å². The van der Waals surface area contributed by atoms with Crippen molar-refractivity contribution in [3.05, 3.63) is 58.9 Å². The first kappa shape index (κ1) is 26.0. The number of nitrogens with zero attached hydrogens (tertiary/aromatic N) is 1. The molecule has 0 unspecified atom stereocenters. The fourth-order valence-corrected chi connectivity index (χ4v) is 4.90. The monoisotopic (exact) mass is 493 g/mol. The molecule has 4 rings (SSSR count). The number of carbonyl (C=O) groups excluding carboxylic acids is 2. The van der Waals surface area contributed by atoms with E-state index in [2.05, 4.69) is 5.32 Å². The second-order valence-corrected chi connectivity index (χ2v) is 10.2. The molecule has 2 aromatic carbocycles. The van der Waals surface area contributed by atoms with Crippen LogP contribution in [0.3, 0.4) is 0 Å². The Balaban J connectivity index is 1.42. The van der Waals surface area contributed by atoms with Crippen LogP contribution in [0.25, 0.3) is 11.1 Å². The highest BCUT2D eigenvalue weighted by Gasteiger charge is 2.31. The van der Waals surface area contributed by atoms with Crippen molar-refractivity contribution < 1.29 is 18.7 Å². The van der Waals surface area contributed by atoms with Gasteiger partial charge >= 0.3 is 0 Å². The maximum Gasteiger partial charge on any atom is 0.254 e. The Hall–Kier alpha value is -3.06. The largest absolute Gasteiger partial charge is 0.377 e. The Morgan fingerprint density at radius 2 is 1.92 bits per heavy atom. The van der Waals surface area contributed by atoms with E-state index in [-0.39, 0.29) is 29.5 Å². The van der Waals surface area contributed by atoms with Gasteiger partial charge in [0.05, 0.1) is 12.7 Å². The highest BCUT2D eigenvalue weighted by atomic mass is 19.1. The van der Waals surface area contributed by atoms with E-state index in [9.17, 15) is 14.0 Å². The molecule has 1 heterocycles. The van der Waals surface area contributed by atoms with E-state index >= 15 is 0 Å². The van der Waals surface area contributed by atoms with Gasteiger partial charge in [-0.25, -0.2) is 4.39 Å². The number of benzene rings is 2. The lowest BCUT2D eigenvalue weighted by molar-refractivity contribution is 0.0678. The Bertz CT molecular complexity index is 1140. The molecule has 2 amide bonds. The summed E-state index contributed by atoms with van der Waals surface area (Å²) in [5.74, 6) is -0.449. The highest BCUT2D eigenvalue weighted by molar-refractivity contribution is 5.98. The van der Waals surface area contributed by atoms with Crippen LogP contribution in [-0.4, -0.2) is 54.3 Å². The van der Waals surface area contributed by atoms with Gasteiger partial charge in [-0.05, 0) is 75.3 Å². The number of ether oxygens (including phenoxy) is 1. The molecule has 0 radical (unpaired) electrons. The predicted molar refractivity (Wildman–Crippen MR) is 139 cm³/mol. The second kappa shape index (κ2) is 11.3. The summed E-state index contributed by atoms with van der Waals surface area (Å²) in [6, 6.07) is 9.89. The minimum Gasteiger partial charge on any atom is -0.377 e. The first-order chi connectivity index (χ1) is 17.2. The highest BCUT2D eigenvalue weighted by Crippen LogP contribution is 2.32. The molecule has 0 bridgehead atoms. The van der Waals surface area contributed by atoms with Gasteiger partial charge in [0.15, 0.2) is 0 Å². The van der Waals surface area contributed by atoms with Gasteiger partial charge in [0.2, 0.25) is 0 Å². The zero-order valence-corrected chi connectivity index (χ0v) is 21.4. The summed E-state index contributed by atoms with van der Waals surface area (Å²) in [7, 11) is 0. The zero-order chi connectivity index (χ0) is 25.8. The number of carbonyl (C=O) groups is 2. The van der Waals surface area contributed by atoms with Gasteiger partial charge in [0.1, 0.15) is 5.82 Å². The molecule has 1 fully saturated rings. The van der Waals surface area contributed by atoms with Gasteiger partial charge < -0.3 is 20.4 Å². The Morgan fingerprint density at radius 3 is 2.58 bits per heavy atom. The SMILES string of the molecule is CC(C)OCCNC(=O)c1ccc(-c2ccc3c(c2)CCN([C@H](C)CC(=N)C2CCC2)C3=O)c(F)c1. The molecule has 192 valence electrons. The second-order valence-electron chi connectivity index (χ2n) is 10.2. The fraction of sp³-hybridized carbons (Fsp3) is 0.483. The predicted octanol–water partition coefficient (Wildman–Crippen LogP) is 5.24. The topological polar surface area (TPSA) is 82.5 Å². The summed E-state index contributed by atoms with van der Waals surface area (Å²) in [6.45, 7) is 7.22. The summed E-state index contributed by atoms with van der Waals surface area (Å²) in [5.41, 5.74) is 3.65. The van der Waals surface area contributed by atoms with Crippen LogP contribution < -0.4 is 5.32 Å². The lowest BCUT2D eigenvalue weighted by Crippen LogP contribution is -2.45. The molecule has 0 spiro atoms. The van der Waals surface area contributed by atoms with E-state index < -0.39 is 5.82 Å². The van der Waals surface area contributed by atoms with Crippen molar-refractivity contribution in [3.8, 4) is 11.1 Å². The molecular weight excluding hydrogens is 457 g/mol. The van der Waals surface area contributed by atoms with E-state index in [0.29, 0.717) is 55.1 Å². The average Bonchev–Trinajstić information content (AvgIpc) is 2.80. The Kier molecular flexibility index (Phi) is 8.19. The van der Waals surface area contributed by atoms with Gasteiger partial charge in [-0.1, -0.05) is 24.6 Å². The molecule has 1 aliphatic heterocycles. The molecule has 7 heteroatoms. The van der Waals surface area contributed by atoms with E-state index in [0.717, 1.165) is 24.1 Å². The molecule has 0 saturated heterocycles. The number of nitrogens with one attached hydrogen (secondary N) is 2. The Morgan fingerprint density at radius 1 is 1.17 bits per heavy atom. The summed E-state index contributed by atoms with van der Waals surface area (Å²) in [5, 5.41) is 11.1. The van der Waals surface area contributed by atoms with Gasteiger partial charge in [-0.2, -0.15) is 0 Å². The van der Waals surface area contributed by atoms with Crippen LogP contribution in [-0.2, 0) is 11.2 Å². The standard InChI is InChI=1S/C29H36FN3O3/c1-18(2)36-14-12-32-28(34)23-8-9-24(26(30)17-23)21-7-10-25-22(16-21)11-13-33(29(25)35)19(3)15-27(31)20-5-4-6-20/h7-10,16-20,31H,4-6,11-15H2,1-3H3,(H,32,34)/t19-/m1/s1. The van der Waals surface area contributed by atoms with Crippen LogP contribution in [0.2, 0.25) is 0 Å². The van der Waals surface area contributed by atoms with Crippen LogP contribution in [0.15, 0.2) is 36.4 Å². The van der Waals surface area contributed by atoms with E-state index in [4.69, 9.17) is 10.1 Å². The summed E-state index contributed by atoms with van der Waals surface area (Å²) >= 11 is 0. The van der Waals surface area contributed by atoms with Crippen molar-refractivity contribution in [2.24, 2.45) is 5.92 Å². The van der Waals surface area contributed by atoms with Crippen molar-refractivity contribution in [2.45, 2.75) is 65.0 Å². The van der Waals surface area contributed by atoms with Crippen LogP contribution in [0.5, 0.6) is 0 Å². The number of hydrogen-bond acceptors (Lipinski definition) is 4. The van der Waals surface area contributed by atoms with Crippen LogP contribution in [0.1, 0.15) is 72.7 Å². The summed E-state index contributed by atoms with van der Waals surface area (Å²) < 4.78 is 20.4. The maximum atomic E-state index is 15.0. The summed E-state index contributed by atoms with van der Waals surface area (Å²) in [6.07, 6.45) is 4.80. The third-order valence-corrected chi connectivity index (χ3v) is 7.24. The van der Waals surface area contributed by atoms with Crippen LogP contribution >= 0.6 is 0 Å². The van der Waals surface area contributed by atoms with Gasteiger partial charge in [-0.15, -0.1) is 0 Å². The van der Waals surface area contributed by atoms with E-state index in [1.165, 1.54) is 12.5 Å². The number of halogens is 1. The van der Waals surface area contributed by atoms with Crippen LogP contribution in [0.4, 0.5) is 4.39 Å². The first-order valence-corrected chi connectivity index (χ1v) is 13.0. The molecule has 2 aliphatic rings. The lowest BCUT2D eigenvalue weighted by Gasteiger charge is -2.36. The molecule has 1 saturated carbocycles. The molecule has 0 aromatic heterocycles. The normalized spacial score (nSPS) is 16.5. The minimum atomic E-state index is -0.479. The number of fused-ring (bicyclic) bond motifs is 1. The van der Waals surface area contributed by atoms with E-state index in [1.807, 2.05) is 31.7 Å². The summed E-state index contributed by atoms with van der Waals surface area (Å²) in [4.78, 5) is 27.4. The number of amides is 2. The average molecular weight is 494 g/mol. The maximum absolute atomic E-state index is 15.0. The zero-order valence-electron chi connectivity index (χ0n) is 21.4. The molecule has 6 nitrogen and oxygen atoms in total. The van der Waals surface area contributed by atoms with Gasteiger partial charge in [0.25, 0.3) is 11.8 Å². The van der Waals surface area contributed by atoms with Gasteiger partial charge in [-0.3, -0.25) is 9.59 Å². The van der Waals surface area contributed by atoms with Crippen molar-refractivity contribution in [1.82, 2.24) is 10.2 Å². The molecule has 2 aromatic rings. The van der Waals surface area contributed by atoms with Crippen LogP contribution in [0, 0.1) is 17.1 Å². The smallest absolute Gasteiger partial charge is 0.254 e. The lowest BCUT2D eigenvalue weighted by atomic mass is 9.79. The minimum absolute atomic E-state index is 0.00787. The van der Waals surface area contributed by atoms with Crippen molar-refractivity contribution in [1.29, 1.82) is 5.41 Å². The third kappa shape index (κ3) is 5.84. The van der Waals surface area contributed by atoms with E-state index in [1.54, 1.807) is 24.3 Å². The first-order valence-electron chi connectivity index (χ1n) is 13.0. The molecule has 36 heavy (non-hydrogen) atoms. The number of hydrogen-bond donors (Lipinski definition) is 2. The molecular formula is C29H36FN3O3. The molecule has 1 aliphatic carbocycles. The molecule has 2 N–H and O–H groups in total. The van der Waals surface area contributed by atoms with Crippen molar-refractivity contribution >= 4 is 17.5 Å². The van der Waals surface area contributed by atoms with Gasteiger partial charge in [0, 0.05) is 48.0 Å². The number of rotatable bonds is 10. The molecule has 1 atom stereocenters. The van der Waals surface area contributed by atoms with Crippen molar-refractivity contribution in [2.75, 3.05) is 19.7 Å². The quantitative estimate of drug-likeness (QED) is 0.351. The third-order valence-electron chi connectivity index (χ3n) is 7.24. The van der Waals surface area contributed by atoms with Crippen molar-refractivity contribution in [3.63, 3.8) is 0 Å². The fourth-order valence-electron chi connectivity index (χ4n) is 4.90.